The van der Waals surface area contributed by atoms with Crippen molar-refractivity contribution in [1.29, 1.82) is 0 Å². The number of fused-ring (bicyclic) bond motifs is 1. The number of halogens is 2. The number of methoxy groups -OCH3 is 1. The molecule has 1 N–H and O–H groups in total. The summed E-state index contributed by atoms with van der Waals surface area (Å²) in [5.41, 5.74) is 2.03. The van der Waals surface area contributed by atoms with Crippen molar-refractivity contribution in [3.05, 3.63) is 57.4 Å². The number of esters is 1. The zero-order chi connectivity index (χ0) is 21.3. The maximum absolute atomic E-state index is 11.9. The van der Waals surface area contributed by atoms with Gasteiger partial charge in [-0.15, -0.1) is 11.3 Å². The van der Waals surface area contributed by atoms with Gasteiger partial charge in [0, 0.05) is 52.7 Å². The number of piperazine rings is 1. The Morgan fingerprint density at radius 1 is 1.10 bits per heavy atom. The van der Waals surface area contributed by atoms with E-state index in [1.165, 1.54) is 24.1 Å². The van der Waals surface area contributed by atoms with Gasteiger partial charge >= 0.3 is 5.97 Å². The van der Waals surface area contributed by atoms with Gasteiger partial charge in [0.25, 0.3) is 0 Å². The van der Waals surface area contributed by atoms with Crippen molar-refractivity contribution in [2.45, 2.75) is 0 Å². The van der Waals surface area contributed by atoms with Gasteiger partial charge in [-0.25, -0.2) is 4.79 Å². The van der Waals surface area contributed by atoms with Crippen molar-refractivity contribution < 1.29 is 9.53 Å². The number of hydrogen-bond acceptors (Lipinski definition) is 5. The average molecular weight is 480 g/mol. The third-order valence-corrected chi connectivity index (χ3v) is 7.26. The van der Waals surface area contributed by atoms with Gasteiger partial charge in [-0.3, -0.25) is 0 Å². The number of nitrogens with zero attached hydrogens (tertiary/aromatic N) is 2. The zero-order valence-electron chi connectivity index (χ0n) is 16.2. The Morgan fingerprint density at radius 2 is 1.80 bits per heavy atom. The standard InChI is InChI=1S/C21H19Cl2N3O2S2/c1-28-20(27)19-18(23)16-7-4-14(12-17(16)30-19)24-21(29)26-10-8-25(9-11-26)15-5-2-13(22)3-6-15/h2-7,12H,8-11H2,1H3,(H,24,29). The molecule has 1 fully saturated rings. The van der Waals surface area contributed by atoms with Gasteiger partial charge in [-0.05, 0) is 54.7 Å². The first-order valence-electron chi connectivity index (χ1n) is 9.33. The highest BCUT2D eigenvalue weighted by molar-refractivity contribution is 7.80. The van der Waals surface area contributed by atoms with Crippen LogP contribution in [0.25, 0.3) is 10.1 Å². The predicted octanol–water partition coefficient (Wildman–Crippen LogP) is 5.51. The van der Waals surface area contributed by atoms with Crippen molar-refractivity contribution in [3.63, 3.8) is 0 Å². The van der Waals surface area contributed by atoms with E-state index >= 15 is 0 Å². The summed E-state index contributed by atoms with van der Waals surface area (Å²) in [7, 11) is 1.35. The molecule has 0 atom stereocenters. The number of thiophene rings is 1. The zero-order valence-corrected chi connectivity index (χ0v) is 19.3. The second-order valence-electron chi connectivity index (χ2n) is 6.83. The molecule has 4 rings (SSSR count). The van der Waals surface area contributed by atoms with Crippen molar-refractivity contribution in [1.82, 2.24) is 4.90 Å². The molecule has 0 unspecified atom stereocenters. The van der Waals surface area contributed by atoms with Crippen molar-refractivity contribution >= 4 is 79.3 Å². The molecular formula is C21H19Cl2N3O2S2. The lowest BCUT2D eigenvalue weighted by atomic mass is 10.2. The third kappa shape index (κ3) is 4.34. The highest BCUT2D eigenvalue weighted by Gasteiger charge is 2.21. The van der Waals surface area contributed by atoms with Crippen molar-refractivity contribution in [3.8, 4) is 0 Å². The third-order valence-electron chi connectivity index (χ3n) is 5.01. The smallest absolute Gasteiger partial charge is 0.349 e. The highest BCUT2D eigenvalue weighted by atomic mass is 35.5. The predicted molar refractivity (Wildman–Crippen MR) is 130 cm³/mol. The Labute approximate surface area is 194 Å². The molecule has 1 aliphatic heterocycles. The lowest BCUT2D eigenvalue weighted by Crippen LogP contribution is -2.50. The van der Waals surface area contributed by atoms with Gasteiger partial charge in [0.1, 0.15) is 4.88 Å². The van der Waals surface area contributed by atoms with Crippen LogP contribution in [0.1, 0.15) is 9.67 Å². The number of ether oxygens (including phenoxy) is 1. The molecule has 2 aromatic carbocycles. The van der Waals surface area contributed by atoms with Crippen LogP contribution in [0.3, 0.4) is 0 Å². The van der Waals surface area contributed by atoms with E-state index < -0.39 is 5.97 Å². The fourth-order valence-corrected chi connectivity index (χ4v) is 5.28. The minimum absolute atomic E-state index is 0.409. The molecule has 0 amide bonds. The molecule has 1 saturated heterocycles. The summed E-state index contributed by atoms with van der Waals surface area (Å²) in [6, 6.07) is 13.7. The van der Waals surface area contributed by atoms with Crippen LogP contribution in [0.2, 0.25) is 10.0 Å². The molecule has 0 saturated carbocycles. The second-order valence-corrected chi connectivity index (χ2v) is 9.08. The summed E-state index contributed by atoms with van der Waals surface area (Å²) in [6.07, 6.45) is 0. The Morgan fingerprint density at radius 3 is 2.47 bits per heavy atom. The molecule has 0 radical (unpaired) electrons. The van der Waals surface area contributed by atoms with Gasteiger partial charge in [0.2, 0.25) is 0 Å². The minimum Gasteiger partial charge on any atom is -0.465 e. The Hall–Kier alpha value is -2.06. The molecule has 30 heavy (non-hydrogen) atoms. The second kappa shape index (κ2) is 8.98. The first-order chi connectivity index (χ1) is 14.5. The maximum atomic E-state index is 11.9. The van der Waals surface area contributed by atoms with Crippen LogP contribution in [-0.4, -0.2) is 49.3 Å². The van der Waals surface area contributed by atoms with E-state index in [0.29, 0.717) is 15.0 Å². The molecule has 0 spiro atoms. The molecule has 9 heteroatoms. The minimum atomic E-state index is -0.426. The van der Waals surface area contributed by atoms with Crippen LogP contribution < -0.4 is 10.2 Å². The SMILES string of the molecule is COC(=O)c1sc2cc(NC(=S)N3CCN(c4ccc(Cl)cc4)CC3)ccc2c1Cl. The number of benzene rings is 2. The van der Waals surface area contributed by atoms with Gasteiger partial charge in [-0.1, -0.05) is 23.2 Å². The van der Waals surface area contributed by atoms with Gasteiger partial charge in [-0.2, -0.15) is 0 Å². The molecule has 1 aromatic heterocycles. The Balaban J connectivity index is 1.41. The topological polar surface area (TPSA) is 44.8 Å². The molecule has 3 aromatic rings. The van der Waals surface area contributed by atoms with Crippen molar-refractivity contribution in [2.75, 3.05) is 43.5 Å². The van der Waals surface area contributed by atoms with Gasteiger partial charge in [0.05, 0.1) is 12.1 Å². The summed E-state index contributed by atoms with van der Waals surface area (Å²) in [6.45, 7) is 3.42. The fourth-order valence-electron chi connectivity index (χ4n) is 3.39. The number of carbonyl (C=O) groups is 1. The lowest BCUT2D eigenvalue weighted by Gasteiger charge is -2.37. The number of nitrogens with one attached hydrogen (secondary N) is 1. The van der Waals surface area contributed by atoms with E-state index in [0.717, 1.165) is 47.0 Å². The number of hydrogen-bond donors (Lipinski definition) is 1. The maximum Gasteiger partial charge on any atom is 0.349 e. The number of thiocarbonyl (C=S) groups is 1. The van der Waals surface area contributed by atoms with E-state index in [1.54, 1.807) is 0 Å². The van der Waals surface area contributed by atoms with Gasteiger partial charge < -0.3 is 19.9 Å². The van der Waals surface area contributed by atoms with E-state index in [1.807, 2.05) is 42.5 Å². The molecular weight excluding hydrogens is 461 g/mol. The average Bonchev–Trinajstić information content (AvgIpc) is 3.09. The van der Waals surface area contributed by atoms with Crippen LogP contribution in [0, 0.1) is 0 Å². The highest BCUT2D eigenvalue weighted by Crippen LogP contribution is 2.37. The Bertz CT molecular complexity index is 1090. The molecule has 1 aliphatic rings. The summed E-state index contributed by atoms with van der Waals surface area (Å²) >= 11 is 19.2. The molecule has 0 bridgehead atoms. The summed E-state index contributed by atoms with van der Waals surface area (Å²) < 4.78 is 5.70. The van der Waals surface area contributed by atoms with Crippen LogP contribution in [0.15, 0.2) is 42.5 Å². The normalized spacial score (nSPS) is 14.1. The van der Waals surface area contributed by atoms with E-state index in [4.69, 9.17) is 40.2 Å². The largest absolute Gasteiger partial charge is 0.465 e. The lowest BCUT2D eigenvalue weighted by molar-refractivity contribution is 0.0606. The number of carbonyl (C=O) groups excluding carboxylic acids is 1. The molecule has 5 nitrogen and oxygen atoms in total. The monoisotopic (exact) mass is 479 g/mol. The first-order valence-corrected chi connectivity index (χ1v) is 11.3. The summed E-state index contributed by atoms with van der Waals surface area (Å²) in [4.78, 5) is 16.8. The van der Waals surface area contributed by atoms with Crippen LogP contribution in [0.4, 0.5) is 11.4 Å². The first kappa shape index (κ1) is 21.2. The van der Waals surface area contributed by atoms with E-state index in [9.17, 15) is 4.79 Å². The quantitative estimate of drug-likeness (QED) is 0.394. The van der Waals surface area contributed by atoms with E-state index in [-0.39, 0.29) is 0 Å². The van der Waals surface area contributed by atoms with Crippen LogP contribution >= 0.6 is 46.8 Å². The number of rotatable bonds is 3. The molecule has 0 aliphatic carbocycles. The fraction of sp³-hybridized carbons (Fsp3) is 0.238. The summed E-state index contributed by atoms with van der Waals surface area (Å²) in [5, 5.41) is 5.98. The summed E-state index contributed by atoms with van der Waals surface area (Å²) in [5.74, 6) is -0.426. The van der Waals surface area contributed by atoms with Gasteiger partial charge in [0.15, 0.2) is 5.11 Å². The molecule has 2 heterocycles. The van der Waals surface area contributed by atoms with Crippen LogP contribution in [0.5, 0.6) is 0 Å². The molecule has 156 valence electrons. The van der Waals surface area contributed by atoms with Crippen molar-refractivity contribution in [2.24, 2.45) is 0 Å². The van der Waals surface area contributed by atoms with E-state index in [2.05, 4.69) is 15.1 Å². The Kier molecular flexibility index (Phi) is 6.34. The number of anilines is 2. The van der Waals surface area contributed by atoms with Crippen LogP contribution in [-0.2, 0) is 4.74 Å².